The van der Waals surface area contributed by atoms with Crippen LogP contribution in [0.15, 0.2) is 47.4 Å². The monoisotopic (exact) mass is 399 g/mol. The fourth-order valence-corrected chi connectivity index (χ4v) is 4.77. The van der Waals surface area contributed by atoms with Crippen molar-refractivity contribution in [2.45, 2.75) is 11.4 Å². The van der Waals surface area contributed by atoms with Crippen molar-refractivity contribution in [3.8, 4) is 5.75 Å². The molecule has 3 rings (SSSR count). The number of benzene rings is 2. The molecule has 1 aliphatic heterocycles. The maximum atomic E-state index is 13.0. The van der Waals surface area contributed by atoms with Crippen LogP contribution >= 0.6 is 11.6 Å². The number of hydrogen-bond donors (Lipinski definition) is 1. The molecular formula is C18H21ClFN2O3S+. The highest BCUT2D eigenvalue weighted by atomic mass is 35.5. The summed E-state index contributed by atoms with van der Waals surface area (Å²) in [6.07, 6.45) is 0. The van der Waals surface area contributed by atoms with Crippen LogP contribution in [0.2, 0.25) is 5.02 Å². The van der Waals surface area contributed by atoms with E-state index < -0.39 is 15.8 Å². The van der Waals surface area contributed by atoms with Crippen molar-refractivity contribution >= 4 is 21.6 Å². The zero-order chi connectivity index (χ0) is 18.7. The quantitative estimate of drug-likeness (QED) is 0.830. The lowest BCUT2D eigenvalue weighted by molar-refractivity contribution is -0.917. The number of hydrogen-bond acceptors (Lipinski definition) is 3. The molecule has 0 unspecified atom stereocenters. The molecule has 0 atom stereocenters. The molecule has 1 saturated heterocycles. The molecule has 0 amide bonds. The SMILES string of the molecule is COc1ccc(Cl)cc1C[NH+]1CCN(S(=O)(=O)c2ccc(F)cc2)CC1. The van der Waals surface area contributed by atoms with Gasteiger partial charge in [-0.1, -0.05) is 11.6 Å². The predicted octanol–water partition coefficient (Wildman–Crippen LogP) is 1.58. The van der Waals surface area contributed by atoms with Crippen LogP contribution in [0.1, 0.15) is 5.56 Å². The van der Waals surface area contributed by atoms with Gasteiger partial charge in [0.05, 0.1) is 38.2 Å². The van der Waals surface area contributed by atoms with Gasteiger partial charge in [-0.25, -0.2) is 12.8 Å². The summed E-state index contributed by atoms with van der Waals surface area (Å²) >= 11 is 6.07. The van der Waals surface area contributed by atoms with E-state index in [0.717, 1.165) is 11.3 Å². The van der Waals surface area contributed by atoms with E-state index in [4.69, 9.17) is 16.3 Å². The molecule has 8 heteroatoms. The summed E-state index contributed by atoms with van der Waals surface area (Å²) in [5.41, 5.74) is 1.00. The number of sulfonamides is 1. The van der Waals surface area contributed by atoms with Crippen molar-refractivity contribution in [3.63, 3.8) is 0 Å². The summed E-state index contributed by atoms with van der Waals surface area (Å²) in [4.78, 5) is 1.38. The molecule has 2 aromatic rings. The third kappa shape index (κ3) is 4.17. The van der Waals surface area contributed by atoms with Crippen molar-refractivity contribution in [3.05, 3.63) is 58.9 Å². The third-order valence-electron chi connectivity index (χ3n) is 4.56. The number of piperazine rings is 1. The average Bonchev–Trinajstić information content (AvgIpc) is 2.63. The van der Waals surface area contributed by atoms with Crippen LogP contribution in [0.25, 0.3) is 0 Å². The minimum absolute atomic E-state index is 0.124. The van der Waals surface area contributed by atoms with Gasteiger partial charge in [-0.15, -0.1) is 0 Å². The first-order valence-corrected chi connectivity index (χ1v) is 10.1. The number of nitrogens with zero attached hydrogens (tertiary/aromatic N) is 1. The number of nitrogens with one attached hydrogen (secondary N) is 1. The lowest BCUT2D eigenvalue weighted by Gasteiger charge is -2.31. The molecule has 140 valence electrons. The summed E-state index contributed by atoms with van der Waals surface area (Å²) in [7, 11) is -1.97. The van der Waals surface area contributed by atoms with Gasteiger partial charge in [-0.05, 0) is 42.5 Å². The van der Waals surface area contributed by atoms with E-state index in [1.807, 2.05) is 12.1 Å². The standard InChI is InChI=1S/C18H20ClFN2O3S/c1-25-18-7-2-15(19)12-14(18)13-21-8-10-22(11-9-21)26(23,24)17-5-3-16(20)4-6-17/h2-7,12H,8-11,13H2,1H3/p+1. The lowest BCUT2D eigenvalue weighted by atomic mass is 10.1. The molecule has 1 aliphatic rings. The summed E-state index contributed by atoms with van der Waals surface area (Å²) in [6, 6.07) is 10.5. The first-order chi connectivity index (χ1) is 12.4. The fourth-order valence-electron chi connectivity index (χ4n) is 3.13. The van der Waals surface area contributed by atoms with Gasteiger partial charge in [0.1, 0.15) is 18.1 Å². The second kappa shape index (κ2) is 7.92. The number of rotatable bonds is 5. The zero-order valence-corrected chi connectivity index (χ0v) is 16.0. The van der Waals surface area contributed by atoms with Gasteiger partial charge in [0, 0.05) is 10.6 Å². The van der Waals surface area contributed by atoms with Crippen molar-refractivity contribution < 1.29 is 22.4 Å². The molecule has 26 heavy (non-hydrogen) atoms. The normalized spacial score (nSPS) is 16.6. The topological polar surface area (TPSA) is 51.1 Å². The number of ether oxygens (including phenoxy) is 1. The first-order valence-electron chi connectivity index (χ1n) is 8.32. The van der Waals surface area contributed by atoms with E-state index in [1.54, 1.807) is 13.2 Å². The maximum absolute atomic E-state index is 13.0. The molecule has 0 saturated carbocycles. The van der Waals surface area contributed by atoms with E-state index in [2.05, 4.69) is 0 Å². The molecule has 0 bridgehead atoms. The molecule has 2 aromatic carbocycles. The number of halogens is 2. The Labute approximate surface area is 158 Å². The summed E-state index contributed by atoms with van der Waals surface area (Å²) < 4.78 is 45.2. The highest BCUT2D eigenvalue weighted by molar-refractivity contribution is 7.89. The van der Waals surface area contributed by atoms with Crippen molar-refractivity contribution in [2.24, 2.45) is 0 Å². The molecule has 0 radical (unpaired) electrons. The van der Waals surface area contributed by atoms with Crippen molar-refractivity contribution in [2.75, 3.05) is 33.3 Å². The van der Waals surface area contributed by atoms with E-state index in [0.29, 0.717) is 37.7 Å². The second-order valence-electron chi connectivity index (χ2n) is 6.24. The second-order valence-corrected chi connectivity index (χ2v) is 8.62. The van der Waals surface area contributed by atoms with Crippen LogP contribution in [0.4, 0.5) is 4.39 Å². The molecule has 0 aliphatic carbocycles. The first kappa shape index (κ1) is 19.1. The number of quaternary nitrogens is 1. The van der Waals surface area contributed by atoms with Crippen molar-refractivity contribution in [1.29, 1.82) is 0 Å². The molecular weight excluding hydrogens is 379 g/mol. The van der Waals surface area contributed by atoms with Crippen LogP contribution < -0.4 is 9.64 Å². The molecule has 1 N–H and O–H groups in total. The van der Waals surface area contributed by atoms with Gasteiger partial charge in [-0.2, -0.15) is 4.31 Å². The molecule has 5 nitrogen and oxygen atoms in total. The van der Waals surface area contributed by atoms with Gasteiger partial charge in [0.2, 0.25) is 10.0 Å². The minimum Gasteiger partial charge on any atom is -0.496 e. The Bertz CT molecular complexity index is 867. The molecule has 0 aromatic heterocycles. The van der Waals surface area contributed by atoms with E-state index >= 15 is 0 Å². The fraction of sp³-hybridized carbons (Fsp3) is 0.333. The van der Waals surface area contributed by atoms with Crippen LogP contribution in [-0.2, 0) is 16.6 Å². The Hall–Kier alpha value is -1.67. The van der Waals surface area contributed by atoms with E-state index in [9.17, 15) is 12.8 Å². The van der Waals surface area contributed by atoms with Crippen LogP contribution in [0, 0.1) is 5.82 Å². The van der Waals surface area contributed by atoms with Crippen LogP contribution in [0.5, 0.6) is 5.75 Å². The third-order valence-corrected chi connectivity index (χ3v) is 6.71. The van der Waals surface area contributed by atoms with Crippen LogP contribution in [0.3, 0.4) is 0 Å². The zero-order valence-electron chi connectivity index (χ0n) is 14.4. The highest BCUT2D eigenvalue weighted by Gasteiger charge is 2.30. The molecule has 1 fully saturated rings. The Morgan fingerprint density at radius 2 is 1.81 bits per heavy atom. The van der Waals surface area contributed by atoms with E-state index in [-0.39, 0.29) is 4.90 Å². The predicted molar refractivity (Wildman–Crippen MR) is 97.6 cm³/mol. The average molecular weight is 400 g/mol. The van der Waals surface area contributed by atoms with Crippen molar-refractivity contribution in [1.82, 2.24) is 4.31 Å². The maximum Gasteiger partial charge on any atom is 0.243 e. The van der Waals surface area contributed by atoms with Gasteiger partial charge in [0.25, 0.3) is 0 Å². The summed E-state index contributed by atoms with van der Waals surface area (Å²) in [5, 5.41) is 0.651. The van der Waals surface area contributed by atoms with Gasteiger partial charge in [0.15, 0.2) is 0 Å². The largest absolute Gasteiger partial charge is 0.496 e. The van der Waals surface area contributed by atoms with Gasteiger partial charge in [-0.3, -0.25) is 0 Å². The minimum atomic E-state index is -3.59. The Morgan fingerprint density at radius 3 is 2.42 bits per heavy atom. The van der Waals surface area contributed by atoms with E-state index in [1.165, 1.54) is 33.5 Å². The van der Waals surface area contributed by atoms with Crippen LogP contribution in [-0.4, -0.2) is 46.0 Å². The Morgan fingerprint density at radius 1 is 1.15 bits per heavy atom. The molecule has 0 spiro atoms. The summed E-state index contributed by atoms with van der Waals surface area (Å²) in [5.74, 6) is 0.331. The van der Waals surface area contributed by atoms with Gasteiger partial charge >= 0.3 is 0 Å². The summed E-state index contributed by atoms with van der Waals surface area (Å²) in [6.45, 7) is 2.90. The highest BCUT2D eigenvalue weighted by Crippen LogP contribution is 2.22. The lowest BCUT2D eigenvalue weighted by Crippen LogP contribution is -3.13. The Kier molecular flexibility index (Phi) is 5.82. The van der Waals surface area contributed by atoms with Gasteiger partial charge < -0.3 is 9.64 Å². The smallest absolute Gasteiger partial charge is 0.243 e. The molecule has 1 heterocycles. The number of methoxy groups -OCH3 is 1. The Balaban J connectivity index is 1.66.